The van der Waals surface area contributed by atoms with Crippen LogP contribution in [0.3, 0.4) is 0 Å². The Hall–Kier alpha value is -1.64. The van der Waals surface area contributed by atoms with Crippen molar-refractivity contribution in [3.8, 4) is 10.4 Å². The van der Waals surface area contributed by atoms with E-state index in [2.05, 4.69) is 16.9 Å². The van der Waals surface area contributed by atoms with E-state index in [0.717, 1.165) is 33.5 Å². The van der Waals surface area contributed by atoms with Crippen LogP contribution in [0.25, 0.3) is 20.7 Å². The molecule has 5 nitrogen and oxygen atoms in total. The Labute approximate surface area is 150 Å². The molecule has 0 radical (unpaired) electrons. The van der Waals surface area contributed by atoms with Gasteiger partial charge in [0.1, 0.15) is 9.58 Å². The Morgan fingerprint density at radius 3 is 2.79 bits per heavy atom. The first-order valence-electron chi connectivity index (χ1n) is 7.35. The number of rotatable bonds is 5. The molecule has 0 amide bonds. The fraction of sp³-hybridized carbons (Fsp3) is 0.312. The SMILES string of the molecule is CCc1sc2nc(SC(C)(C)C(=O)O)[nH]c(=O)c2c1-c1cccs1. The van der Waals surface area contributed by atoms with E-state index in [9.17, 15) is 14.7 Å². The number of hydrogen-bond acceptors (Lipinski definition) is 6. The second-order valence-electron chi connectivity index (χ2n) is 5.70. The molecule has 0 fully saturated rings. The number of aromatic amines is 1. The zero-order valence-electron chi connectivity index (χ0n) is 13.4. The molecule has 3 aromatic heterocycles. The second-order valence-corrected chi connectivity index (χ2v) is 9.34. The highest BCUT2D eigenvalue weighted by Crippen LogP contribution is 2.39. The molecule has 3 rings (SSSR count). The number of carbonyl (C=O) groups is 1. The number of carboxylic acids is 1. The number of nitrogens with one attached hydrogen (secondary N) is 1. The Morgan fingerprint density at radius 2 is 2.21 bits per heavy atom. The Bertz CT molecular complexity index is 955. The van der Waals surface area contributed by atoms with Crippen molar-refractivity contribution in [2.75, 3.05) is 0 Å². The molecule has 0 saturated carbocycles. The highest BCUT2D eigenvalue weighted by atomic mass is 32.2. The first-order chi connectivity index (χ1) is 11.3. The van der Waals surface area contributed by atoms with E-state index in [4.69, 9.17) is 0 Å². The number of H-pyrrole nitrogens is 1. The molecule has 0 aliphatic heterocycles. The summed E-state index contributed by atoms with van der Waals surface area (Å²) in [6.07, 6.45) is 0.816. The van der Waals surface area contributed by atoms with Crippen molar-refractivity contribution in [1.82, 2.24) is 9.97 Å². The highest BCUT2D eigenvalue weighted by Gasteiger charge is 2.30. The lowest BCUT2D eigenvalue weighted by atomic mass is 10.1. The maximum atomic E-state index is 12.7. The lowest BCUT2D eigenvalue weighted by molar-refractivity contribution is -0.138. The van der Waals surface area contributed by atoms with Crippen LogP contribution in [0, 0.1) is 0 Å². The zero-order chi connectivity index (χ0) is 17.5. The number of hydrogen-bond donors (Lipinski definition) is 2. The minimum Gasteiger partial charge on any atom is -0.480 e. The second kappa shape index (κ2) is 6.34. The van der Waals surface area contributed by atoms with Gasteiger partial charge in [-0.3, -0.25) is 9.59 Å². The van der Waals surface area contributed by atoms with Gasteiger partial charge in [0.25, 0.3) is 5.56 Å². The molecule has 0 aromatic carbocycles. The standard InChI is InChI=1S/C16H16N2O3S3/c1-4-8-10(9-6-5-7-22-9)11-12(19)17-15(18-13(11)23-8)24-16(2,3)14(20)21/h5-7H,4H2,1-3H3,(H,20,21)(H,17,18,19). The number of aromatic nitrogens is 2. The summed E-state index contributed by atoms with van der Waals surface area (Å²) in [5.74, 6) is -0.949. The van der Waals surface area contributed by atoms with Crippen LogP contribution in [0.5, 0.6) is 0 Å². The molecule has 0 aliphatic carbocycles. The van der Waals surface area contributed by atoms with Crippen LogP contribution in [0.2, 0.25) is 0 Å². The minimum atomic E-state index is -1.06. The molecule has 126 valence electrons. The molecule has 3 heterocycles. The molecular formula is C16H16N2O3S3. The molecular weight excluding hydrogens is 364 g/mol. The van der Waals surface area contributed by atoms with Gasteiger partial charge >= 0.3 is 5.97 Å². The summed E-state index contributed by atoms with van der Waals surface area (Å²) >= 11 is 4.14. The summed E-state index contributed by atoms with van der Waals surface area (Å²) in [6.45, 7) is 5.24. The topological polar surface area (TPSA) is 83.0 Å². The molecule has 8 heteroatoms. The third-order valence-corrected chi connectivity index (χ3v) is 6.76. The largest absolute Gasteiger partial charge is 0.480 e. The lowest BCUT2D eigenvalue weighted by Crippen LogP contribution is -2.27. The monoisotopic (exact) mass is 380 g/mol. The van der Waals surface area contributed by atoms with Gasteiger partial charge in [-0.05, 0) is 31.7 Å². The Balaban J connectivity index is 2.17. The van der Waals surface area contributed by atoms with Crippen LogP contribution in [0.1, 0.15) is 25.6 Å². The highest BCUT2D eigenvalue weighted by molar-refractivity contribution is 8.01. The van der Waals surface area contributed by atoms with Crippen molar-refractivity contribution >= 4 is 50.6 Å². The maximum Gasteiger partial charge on any atom is 0.319 e. The third kappa shape index (κ3) is 3.01. The fourth-order valence-electron chi connectivity index (χ4n) is 2.30. The normalized spacial score (nSPS) is 12.0. The molecule has 0 spiro atoms. The number of carboxylic acid groups (broad SMARTS) is 1. The van der Waals surface area contributed by atoms with Crippen molar-refractivity contribution in [3.63, 3.8) is 0 Å². The van der Waals surface area contributed by atoms with Crippen molar-refractivity contribution in [3.05, 3.63) is 32.7 Å². The first kappa shape index (κ1) is 17.2. The van der Waals surface area contributed by atoms with Crippen LogP contribution in [-0.2, 0) is 11.2 Å². The van der Waals surface area contributed by atoms with Gasteiger partial charge in [0, 0.05) is 15.3 Å². The predicted octanol–water partition coefficient (Wildman–Crippen LogP) is 4.23. The average molecular weight is 381 g/mol. The van der Waals surface area contributed by atoms with Gasteiger partial charge in [0.2, 0.25) is 0 Å². The van der Waals surface area contributed by atoms with Crippen LogP contribution >= 0.6 is 34.4 Å². The van der Waals surface area contributed by atoms with Gasteiger partial charge in [0.15, 0.2) is 5.16 Å². The lowest BCUT2D eigenvalue weighted by Gasteiger charge is -2.16. The number of aryl methyl sites for hydroxylation is 1. The molecule has 0 unspecified atom stereocenters. The molecule has 0 bridgehead atoms. The van der Waals surface area contributed by atoms with Crippen molar-refractivity contribution in [2.24, 2.45) is 0 Å². The number of aliphatic carboxylic acids is 1. The Morgan fingerprint density at radius 1 is 1.46 bits per heavy atom. The molecule has 24 heavy (non-hydrogen) atoms. The maximum absolute atomic E-state index is 12.7. The van der Waals surface area contributed by atoms with Crippen molar-refractivity contribution in [1.29, 1.82) is 0 Å². The number of nitrogens with zero attached hydrogens (tertiary/aromatic N) is 1. The van der Waals surface area contributed by atoms with E-state index < -0.39 is 10.7 Å². The number of thioether (sulfide) groups is 1. The first-order valence-corrected chi connectivity index (χ1v) is 9.86. The van der Waals surface area contributed by atoms with E-state index in [1.54, 1.807) is 25.2 Å². The smallest absolute Gasteiger partial charge is 0.319 e. The third-order valence-electron chi connectivity index (χ3n) is 3.57. The van der Waals surface area contributed by atoms with E-state index in [-0.39, 0.29) is 5.56 Å². The summed E-state index contributed by atoms with van der Waals surface area (Å²) in [5.41, 5.74) is 0.735. The summed E-state index contributed by atoms with van der Waals surface area (Å²) in [4.78, 5) is 34.0. The number of thiophene rings is 2. The van der Waals surface area contributed by atoms with Gasteiger partial charge in [-0.2, -0.15) is 0 Å². The van der Waals surface area contributed by atoms with Gasteiger partial charge in [-0.1, -0.05) is 24.8 Å². The summed E-state index contributed by atoms with van der Waals surface area (Å²) in [5, 5.41) is 12.2. The quantitative estimate of drug-likeness (QED) is 0.511. The van der Waals surface area contributed by atoms with Gasteiger partial charge < -0.3 is 10.1 Å². The molecule has 3 aromatic rings. The van der Waals surface area contributed by atoms with Crippen molar-refractivity contribution < 1.29 is 9.90 Å². The molecule has 0 saturated heterocycles. The van der Waals surface area contributed by atoms with Crippen LogP contribution in [-0.4, -0.2) is 25.8 Å². The Kier molecular flexibility index (Phi) is 4.54. The van der Waals surface area contributed by atoms with Gasteiger partial charge in [-0.25, -0.2) is 4.98 Å². The van der Waals surface area contributed by atoms with E-state index in [1.807, 2.05) is 17.5 Å². The number of fused-ring (bicyclic) bond motifs is 1. The van der Waals surface area contributed by atoms with Gasteiger partial charge in [-0.15, -0.1) is 22.7 Å². The average Bonchev–Trinajstić information content (AvgIpc) is 3.12. The van der Waals surface area contributed by atoms with Crippen molar-refractivity contribution in [2.45, 2.75) is 37.1 Å². The van der Waals surface area contributed by atoms with E-state index in [1.165, 1.54) is 11.3 Å². The fourth-order valence-corrected chi connectivity index (χ4v) is 5.20. The van der Waals surface area contributed by atoms with E-state index in [0.29, 0.717) is 15.4 Å². The molecule has 0 aliphatic rings. The summed E-state index contributed by atoms with van der Waals surface area (Å²) in [7, 11) is 0. The summed E-state index contributed by atoms with van der Waals surface area (Å²) in [6, 6.07) is 3.96. The summed E-state index contributed by atoms with van der Waals surface area (Å²) < 4.78 is -1.06. The molecule has 2 N–H and O–H groups in total. The molecule has 0 atom stereocenters. The van der Waals surface area contributed by atoms with Crippen LogP contribution in [0.15, 0.2) is 27.5 Å². The van der Waals surface area contributed by atoms with E-state index >= 15 is 0 Å². The van der Waals surface area contributed by atoms with Gasteiger partial charge in [0.05, 0.1) is 5.39 Å². The zero-order valence-corrected chi connectivity index (χ0v) is 15.8. The minimum absolute atomic E-state index is 0.219. The van der Waals surface area contributed by atoms with Crippen LogP contribution in [0.4, 0.5) is 0 Å². The van der Waals surface area contributed by atoms with Crippen LogP contribution < -0.4 is 5.56 Å². The predicted molar refractivity (Wildman–Crippen MR) is 101 cm³/mol.